The fourth-order valence-corrected chi connectivity index (χ4v) is 3.90. The summed E-state index contributed by atoms with van der Waals surface area (Å²) in [6.07, 6.45) is 8.03. The Kier molecular flexibility index (Phi) is 5.38. The Labute approximate surface area is 172 Å². The summed E-state index contributed by atoms with van der Waals surface area (Å²) >= 11 is 0. The molecular weight excluding hydrogens is 360 g/mol. The summed E-state index contributed by atoms with van der Waals surface area (Å²) in [5.41, 5.74) is 5.63. The molecular formula is C24H28N4O. The van der Waals surface area contributed by atoms with E-state index in [-0.39, 0.29) is 6.03 Å². The van der Waals surface area contributed by atoms with E-state index in [2.05, 4.69) is 60.0 Å². The van der Waals surface area contributed by atoms with E-state index in [4.69, 9.17) is 0 Å². The van der Waals surface area contributed by atoms with Crippen LogP contribution < -0.4 is 5.32 Å². The predicted molar refractivity (Wildman–Crippen MR) is 119 cm³/mol. The zero-order chi connectivity index (χ0) is 20.4. The molecule has 3 heterocycles. The first-order valence-corrected chi connectivity index (χ1v) is 10.4. The van der Waals surface area contributed by atoms with E-state index in [0.29, 0.717) is 19.1 Å². The van der Waals surface area contributed by atoms with Crippen LogP contribution in [-0.2, 0) is 6.42 Å². The molecule has 0 radical (unpaired) electrons. The molecule has 0 bridgehead atoms. The number of hydrogen-bond acceptors (Lipinski definition) is 2. The number of nitrogens with zero attached hydrogens (tertiary/aromatic N) is 3. The summed E-state index contributed by atoms with van der Waals surface area (Å²) in [4.78, 5) is 19.1. The Morgan fingerprint density at radius 3 is 2.83 bits per heavy atom. The van der Waals surface area contributed by atoms with Crippen LogP contribution in [0.15, 0.2) is 54.9 Å². The summed E-state index contributed by atoms with van der Waals surface area (Å²) in [5.74, 6) is 0. The van der Waals surface area contributed by atoms with Gasteiger partial charge in [0.2, 0.25) is 0 Å². The van der Waals surface area contributed by atoms with Gasteiger partial charge in [0.25, 0.3) is 0 Å². The minimum atomic E-state index is -0.0418. The zero-order valence-electron chi connectivity index (χ0n) is 17.4. The van der Waals surface area contributed by atoms with Crippen LogP contribution in [0.3, 0.4) is 0 Å². The molecule has 4 rings (SSSR count). The van der Waals surface area contributed by atoms with Gasteiger partial charge in [-0.1, -0.05) is 25.1 Å². The largest absolute Gasteiger partial charge is 0.329 e. The van der Waals surface area contributed by atoms with Crippen LogP contribution in [0.2, 0.25) is 0 Å². The van der Waals surface area contributed by atoms with Crippen LogP contribution in [0.1, 0.15) is 44.4 Å². The highest BCUT2D eigenvalue weighted by atomic mass is 16.2. The maximum absolute atomic E-state index is 12.7. The molecule has 2 amide bonds. The van der Waals surface area contributed by atoms with Crippen LogP contribution >= 0.6 is 0 Å². The first kappa shape index (κ1) is 19.2. The van der Waals surface area contributed by atoms with Gasteiger partial charge < -0.3 is 14.8 Å². The molecule has 3 aromatic rings. The molecule has 0 spiro atoms. The Bertz CT molecular complexity index is 1060. The SMILES string of the molecule is CCc1cccc(NC(=O)N2CC=C(c3cn(C(C)C)c4ncccc34)CC2)c1. The average molecular weight is 389 g/mol. The van der Waals surface area contributed by atoms with E-state index in [1.807, 2.05) is 35.4 Å². The van der Waals surface area contributed by atoms with Crippen molar-refractivity contribution in [1.82, 2.24) is 14.5 Å². The quantitative estimate of drug-likeness (QED) is 0.641. The monoisotopic (exact) mass is 388 g/mol. The average Bonchev–Trinajstić information content (AvgIpc) is 3.14. The van der Waals surface area contributed by atoms with E-state index in [9.17, 15) is 4.79 Å². The van der Waals surface area contributed by atoms with Crippen LogP contribution in [-0.4, -0.2) is 33.6 Å². The number of pyridine rings is 1. The number of anilines is 1. The van der Waals surface area contributed by atoms with Crippen LogP contribution in [0, 0.1) is 0 Å². The number of benzene rings is 1. The molecule has 5 nitrogen and oxygen atoms in total. The van der Waals surface area contributed by atoms with E-state index in [1.54, 1.807) is 0 Å². The molecule has 1 aromatic carbocycles. The van der Waals surface area contributed by atoms with Gasteiger partial charge in [-0.2, -0.15) is 0 Å². The predicted octanol–water partition coefficient (Wildman–Crippen LogP) is 5.50. The molecule has 0 saturated heterocycles. The number of hydrogen-bond donors (Lipinski definition) is 1. The molecule has 0 aliphatic carbocycles. The lowest BCUT2D eigenvalue weighted by atomic mass is 10.00. The molecule has 2 aromatic heterocycles. The number of urea groups is 1. The van der Waals surface area contributed by atoms with Gasteiger partial charge in [-0.15, -0.1) is 0 Å². The fraction of sp³-hybridized carbons (Fsp3) is 0.333. The highest BCUT2D eigenvalue weighted by Gasteiger charge is 2.21. The van der Waals surface area contributed by atoms with Crippen molar-refractivity contribution >= 4 is 28.3 Å². The van der Waals surface area contributed by atoms with Crippen LogP contribution in [0.25, 0.3) is 16.6 Å². The number of fused-ring (bicyclic) bond motifs is 1. The second-order valence-corrected chi connectivity index (χ2v) is 7.83. The molecule has 29 heavy (non-hydrogen) atoms. The number of nitrogens with one attached hydrogen (secondary N) is 1. The van der Waals surface area contributed by atoms with E-state index in [1.165, 1.54) is 22.1 Å². The van der Waals surface area contributed by atoms with Crippen molar-refractivity contribution in [2.45, 2.75) is 39.7 Å². The first-order chi connectivity index (χ1) is 14.1. The first-order valence-electron chi connectivity index (χ1n) is 10.4. The van der Waals surface area contributed by atoms with Gasteiger partial charge in [0, 0.05) is 48.2 Å². The highest BCUT2D eigenvalue weighted by molar-refractivity contribution is 5.93. The molecule has 5 heteroatoms. The second kappa shape index (κ2) is 8.11. The Balaban J connectivity index is 1.51. The van der Waals surface area contributed by atoms with Gasteiger partial charge in [0.1, 0.15) is 5.65 Å². The number of carbonyl (C=O) groups is 1. The van der Waals surface area contributed by atoms with Gasteiger partial charge in [0.15, 0.2) is 0 Å². The highest BCUT2D eigenvalue weighted by Crippen LogP contribution is 2.31. The minimum Gasteiger partial charge on any atom is -0.329 e. The summed E-state index contributed by atoms with van der Waals surface area (Å²) in [5, 5.41) is 4.22. The van der Waals surface area contributed by atoms with Crippen molar-refractivity contribution in [1.29, 1.82) is 0 Å². The van der Waals surface area contributed by atoms with Crippen LogP contribution in [0.5, 0.6) is 0 Å². The Morgan fingerprint density at radius 2 is 2.10 bits per heavy atom. The smallest absolute Gasteiger partial charge is 0.322 e. The zero-order valence-corrected chi connectivity index (χ0v) is 17.4. The third-order valence-electron chi connectivity index (χ3n) is 5.57. The maximum atomic E-state index is 12.7. The van der Waals surface area contributed by atoms with Crippen molar-refractivity contribution in [3.8, 4) is 0 Å². The van der Waals surface area contributed by atoms with E-state index in [0.717, 1.165) is 24.2 Å². The fourth-order valence-electron chi connectivity index (χ4n) is 3.90. The number of aryl methyl sites for hydroxylation is 1. The summed E-state index contributed by atoms with van der Waals surface area (Å²) in [6.45, 7) is 7.78. The lowest BCUT2D eigenvalue weighted by Crippen LogP contribution is -2.37. The van der Waals surface area contributed by atoms with Crippen LogP contribution in [0.4, 0.5) is 10.5 Å². The molecule has 0 atom stereocenters. The van der Waals surface area contributed by atoms with Crippen molar-refractivity contribution in [3.05, 3.63) is 66.0 Å². The Hall–Kier alpha value is -3.08. The van der Waals surface area contributed by atoms with Crippen molar-refractivity contribution < 1.29 is 4.79 Å². The molecule has 1 N–H and O–H groups in total. The normalized spacial score (nSPS) is 14.3. The molecule has 1 aliphatic rings. The topological polar surface area (TPSA) is 50.2 Å². The third-order valence-corrected chi connectivity index (χ3v) is 5.57. The van der Waals surface area contributed by atoms with Crippen molar-refractivity contribution in [2.75, 3.05) is 18.4 Å². The lowest BCUT2D eigenvalue weighted by molar-refractivity contribution is 0.217. The molecule has 0 fully saturated rings. The molecule has 0 saturated carbocycles. The van der Waals surface area contributed by atoms with E-state index < -0.39 is 0 Å². The minimum absolute atomic E-state index is 0.0418. The lowest BCUT2D eigenvalue weighted by Gasteiger charge is -2.26. The van der Waals surface area contributed by atoms with E-state index >= 15 is 0 Å². The second-order valence-electron chi connectivity index (χ2n) is 7.83. The van der Waals surface area contributed by atoms with Gasteiger partial charge >= 0.3 is 6.03 Å². The number of rotatable bonds is 4. The van der Waals surface area contributed by atoms with Crippen molar-refractivity contribution in [2.24, 2.45) is 0 Å². The van der Waals surface area contributed by atoms with Gasteiger partial charge in [-0.3, -0.25) is 0 Å². The molecule has 150 valence electrons. The molecule has 1 aliphatic heterocycles. The van der Waals surface area contributed by atoms with Gasteiger partial charge in [0.05, 0.1) is 0 Å². The van der Waals surface area contributed by atoms with Gasteiger partial charge in [-0.05, 0) is 62.1 Å². The summed E-state index contributed by atoms with van der Waals surface area (Å²) in [6, 6.07) is 12.5. The number of carbonyl (C=O) groups excluding carboxylic acids is 1. The Morgan fingerprint density at radius 1 is 1.24 bits per heavy atom. The maximum Gasteiger partial charge on any atom is 0.322 e. The van der Waals surface area contributed by atoms with Gasteiger partial charge in [-0.25, -0.2) is 9.78 Å². The number of amides is 2. The molecule has 0 unspecified atom stereocenters. The summed E-state index contributed by atoms with van der Waals surface area (Å²) in [7, 11) is 0. The summed E-state index contributed by atoms with van der Waals surface area (Å²) < 4.78 is 2.23. The number of aromatic nitrogens is 2. The standard InChI is InChI=1S/C24H28N4O/c1-4-18-7-5-8-20(15-18)26-24(29)27-13-10-19(11-14-27)22-16-28(17(2)3)23-21(22)9-6-12-25-23/h5-10,12,15-17H,4,11,13-14H2,1-3H3,(H,26,29). The van der Waals surface area contributed by atoms with Crippen molar-refractivity contribution in [3.63, 3.8) is 0 Å². The third kappa shape index (κ3) is 3.90.